The smallest absolute Gasteiger partial charge is 0.255 e. The Morgan fingerprint density at radius 3 is 2.56 bits per heavy atom. The first-order valence-electron chi connectivity index (χ1n) is 11.6. The number of aromatic nitrogens is 2. The molecule has 1 aliphatic rings. The maximum atomic E-state index is 12.8. The van der Waals surface area contributed by atoms with Crippen molar-refractivity contribution in [2.45, 2.75) is 26.7 Å². The number of hydrogen-bond donors (Lipinski definition) is 1. The number of carbonyl (C=O) groups is 1. The van der Waals surface area contributed by atoms with E-state index in [1.807, 2.05) is 78.8 Å². The highest BCUT2D eigenvalue weighted by atomic mass is 32.2. The van der Waals surface area contributed by atoms with Crippen molar-refractivity contribution in [2.24, 2.45) is 0 Å². The molecule has 2 aromatic carbocycles. The fourth-order valence-corrected chi connectivity index (χ4v) is 5.16. The molecule has 1 atom stereocenters. The highest BCUT2D eigenvalue weighted by Gasteiger charge is 2.18. The quantitative estimate of drug-likeness (QED) is 0.405. The molecule has 0 saturated carbocycles. The van der Waals surface area contributed by atoms with Crippen LogP contribution in [0.1, 0.15) is 37.0 Å². The van der Waals surface area contributed by atoms with Crippen molar-refractivity contribution < 1.29 is 9.00 Å². The number of nitrogens with zero attached hydrogens (tertiary/aromatic N) is 3. The fraction of sp³-hybridized carbons (Fsp3) is 0.222. The Hall–Kier alpha value is -3.58. The Morgan fingerprint density at radius 2 is 1.76 bits per heavy atom. The summed E-state index contributed by atoms with van der Waals surface area (Å²) in [4.78, 5) is 21.8. The Balaban J connectivity index is 0.00000133. The highest BCUT2D eigenvalue weighted by Crippen LogP contribution is 2.24. The lowest BCUT2D eigenvalue weighted by molar-refractivity contribution is 0.102. The molecule has 7 heteroatoms. The second-order valence-corrected chi connectivity index (χ2v) is 9.15. The summed E-state index contributed by atoms with van der Waals surface area (Å²) in [6, 6.07) is 22.6. The summed E-state index contributed by atoms with van der Waals surface area (Å²) in [7, 11) is -0.985. The van der Waals surface area contributed by atoms with Gasteiger partial charge in [0, 0.05) is 41.0 Å². The third-order valence-electron chi connectivity index (χ3n) is 5.47. The van der Waals surface area contributed by atoms with E-state index in [0.717, 1.165) is 47.4 Å². The van der Waals surface area contributed by atoms with Gasteiger partial charge in [-0.3, -0.25) is 14.1 Å². The third kappa shape index (κ3) is 5.31. The van der Waals surface area contributed by atoms with Gasteiger partial charge in [0.15, 0.2) is 0 Å². The normalized spacial score (nSPS) is 15.4. The van der Waals surface area contributed by atoms with Crippen LogP contribution in [-0.2, 0) is 11.0 Å². The molecule has 5 rings (SSSR count). The molecule has 174 valence electrons. The average Bonchev–Trinajstić information content (AvgIpc) is 2.90. The first kappa shape index (κ1) is 23.6. The predicted molar refractivity (Wildman–Crippen MR) is 140 cm³/mol. The number of anilines is 2. The van der Waals surface area contributed by atoms with Crippen LogP contribution in [0.4, 0.5) is 11.4 Å². The summed E-state index contributed by atoms with van der Waals surface area (Å²) >= 11 is 0. The van der Waals surface area contributed by atoms with Gasteiger partial charge in [-0.25, -0.2) is 9.19 Å². The number of hydrogen-bond acceptors (Lipinski definition) is 4. The van der Waals surface area contributed by atoms with E-state index in [-0.39, 0.29) is 5.91 Å². The van der Waals surface area contributed by atoms with E-state index < -0.39 is 11.0 Å². The molecule has 1 amide bonds. The van der Waals surface area contributed by atoms with E-state index >= 15 is 0 Å². The number of pyridine rings is 2. The van der Waals surface area contributed by atoms with Gasteiger partial charge in [0.1, 0.15) is 11.0 Å². The first-order valence-corrected chi connectivity index (χ1v) is 12.8. The minimum atomic E-state index is -0.985. The molecule has 1 unspecified atom stereocenters. The minimum absolute atomic E-state index is 0.191. The van der Waals surface area contributed by atoms with Crippen LogP contribution in [0.2, 0.25) is 0 Å². The summed E-state index contributed by atoms with van der Waals surface area (Å²) in [5.41, 5.74) is 5.54. The summed E-state index contributed by atoms with van der Waals surface area (Å²) in [6.07, 6.45) is 3.78. The largest absolute Gasteiger partial charge is 0.322 e. The van der Waals surface area contributed by atoms with Gasteiger partial charge in [-0.1, -0.05) is 26.0 Å². The minimum Gasteiger partial charge on any atom is -0.322 e. The zero-order chi connectivity index (χ0) is 23.9. The van der Waals surface area contributed by atoms with Gasteiger partial charge in [0.05, 0.1) is 16.7 Å². The Morgan fingerprint density at radius 1 is 0.941 bits per heavy atom. The highest BCUT2D eigenvalue weighted by molar-refractivity contribution is 7.86. The van der Waals surface area contributed by atoms with E-state index in [1.165, 1.54) is 0 Å². The zero-order valence-electron chi connectivity index (χ0n) is 19.4. The van der Waals surface area contributed by atoms with Gasteiger partial charge in [0.25, 0.3) is 5.91 Å². The molecule has 0 bridgehead atoms. The van der Waals surface area contributed by atoms with Crippen molar-refractivity contribution in [3.8, 4) is 11.3 Å². The van der Waals surface area contributed by atoms with Crippen LogP contribution >= 0.6 is 0 Å². The molecule has 0 spiro atoms. The molecule has 1 fully saturated rings. The van der Waals surface area contributed by atoms with Crippen LogP contribution in [0.25, 0.3) is 22.3 Å². The topological polar surface area (TPSA) is 75.2 Å². The molecular formula is C27H28N4O2S. The molecule has 1 N–H and O–H groups in total. The standard InChI is InChI=1S/C25H22N4O2S.C2H6/c30-25(18-8-10-21(11-9-18)29-15-1-2-16-32(29)31)27-20-6-3-5-19(17-20)22-12-13-23-24(28-22)7-4-14-26-23;1-2/h3-14,17H,1-2,15-16H2,(H,27,30);1-2H3. The Bertz CT molecular complexity index is 1310. The van der Waals surface area contributed by atoms with E-state index in [9.17, 15) is 9.00 Å². The molecular weight excluding hydrogens is 444 g/mol. The van der Waals surface area contributed by atoms with Gasteiger partial charge >= 0.3 is 0 Å². The van der Waals surface area contributed by atoms with E-state index in [0.29, 0.717) is 17.0 Å². The predicted octanol–water partition coefficient (Wildman–Crippen LogP) is 5.84. The second kappa shape index (κ2) is 11.0. The molecule has 0 aliphatic carbocycles. The third-order valence-corrected chi connectivity index (χ3v) is 6.99. The number of fused-ring (bicyclic) bond motifs is 1. The molecule has 2 aromatic heterocycles. The Labute approximate surface area is 202 Å². The molecule has 4 aromatic rings. The maximum absolute atomic E-state index is 12.8. The van der Waals surface area contributed by atoms with Crippen molar-refractivity contribution >= 4 is 39.3 Å². The SMILES string of the molecule is CC.O=C(Nc1cccc(-c2ccc3ncccc3n2)c1)c1ccc(N2CCCCS2=O)cc1. The van der Waals surface area contributed by atoms with E-state index in [4.69, 9.17) is 0 Å². The number of nitrogens with one attached hydrogen (secondary N) is 1. The van der Waals surface area contributed by atoms with Gasteiger partial charge in [-0.15, -0.1) is 0 Å². The molecule has 6 nitrogen and oxygen atoms in total. The van der Waals surface area contributed by atoms with E-state index in [2.05, 4.69) is 15.3 Å². The number of carbonyl (C=O) groups excluding carboxylic acids is 1. The first-order chi connectivity index (χ1) is 16.7. The van der Waals surface area contributed by atoms with E-state index in [1.54, 1.807) is 18.3 Å². The second-order valence-electron chi connectivity index (χ2n) is 7.65. The monoisotopic (exact) mass is 472 g/mol. The lowest BCUT2D eigenvalue weighted by Crippen LogP contribution is -2.32. The van der Waals surface area contributed by atoms with Crippen LogP contribution < -0.4 is 9.62 Å². The van der Waals surface area contributed by atoms with Gasteiger partial charge < -0.3 is 5.32 Å². The molecule has 34 heavy (non-hydrogen) atoms. The van der Waals surface area contributed by atoms with Gasteiger partial charge in [-0.2, -0.15) is 0 Å². The summed E-state index contributed by atoms with van der Waals surface area (Å²) in [5.74, 6) is 0.505. The van der Waals surface area contributed by atoms with Crippen LogP contribution in [0.5, 0.6) is 0 Å². The van der Waals surface area contributed by atoms with Gasteiger partial charge in [0.2, 0.25) is 0 Å². The fourth-order valence-electron chi connectivity index (χ4n) is 3.80. The molecule has 1 aliphatic heterocycles. The zero-order valence-corrected chi connectivity index (χ0v) is 20.2. The Kier molecular flexibility index (Phi) is 7.65. The molecule has 1 saturated heterocycles. The lowest BCUT2D eigenvalue weighted by Gasteiger charge is -2.27. The lowest BCUT2D eigenvalue weighted by atomic mass is 10.1. The van der Waals surface area contributed by atoms with Crippen molar-refractivity contribution in [1.82, 2.24) is 9.97 Å². The summed E-state index contributed by atoms with van der Waals surface area (Å²) in [6.45, 7) is 4.78. The van der Waals surface area contributed by atoms with Crippen LogP contribution in [0, 0.1) is 0 Å². The number of rotatable bonds is 4. The molecule has 0 radical (unpaired) electrons. The van der Waals surface area contributed by atoms with Crippen molar-refractivity contribution in [1.29, 1.82) is 0 Å². The summed E-state index contributed by atoms with van der Waals surface area (Å²) < 4.78 is 14.1. The van der Waals surface area contributed by atoms with Gasteiger partial charge in [-0.05, 0) is 73.5 Å². The van der Waals surface area contributed by atoms with Crippen molar-refractivity contribution in [2.75, 3.05) is 21.9 Å². The molecule has 3 heterocycles. The van der Waals surface area contributed by atoms with Crippen LogP contribution in [-0.4, -0.2) is 32.4 Å². The summed E-state index contributed by atoms with van der Waals surface area (Å²) in [5, 5.41) is 2.96. The number of benzene rings is 2. The average molecular weight is 473 g/mol. The van der Waals surface area contributed by atoms with Crippen LogP contribution in [0.3, 0.4) is 0 Å². The maximum Gasteiger partial charge on any atom is 0.255 e. The van der Waals surface area contributed by atoms with Crippen LogP contribution in [0.15, 0.2) is 79.0 Å². The van der Waals surface area contributed by atoms with Crippen molar-refractivity contribution in [3.05, 3.63) is 84.6 Å². The van der Waals surface area contributed by atoms with Crippen molar-refractivity contribution in [3.63, 3.8) is 0 Å². The number of amides is 1.